The van der Waals surface area contributed by atoms with Crippen LogP contribution in [0.4, 0.5) is 0 Å². The lowest BCUT2D eigenvalue weighted by Gasteiger charge is -2.39. The van der Waals surface area contributed by atoms with Gasteiger partial charge in [0.2, 0.25) is 5.91 Å². The van der Waals surface area contributed by atoms with Crippen LogP contribution in [0.25, 0.3) is 0 Å². The second kappa shape index (κ2) is 19.2. The number of hydrogen-bond acceptors (Lipinski definition) is 2. The van der Waals surface area contributed by atoms with E-state index in [-0.39, 0.29) is 12.1 Å². The van der Waals surface area contributed by atoms with Gasteiger partial charge in [-0.2, -0.15) is 0 Å². The Morgan fingerprint density at radius 3 is 1.91 bits per heavy atom. The highest BCUT2D eigenvalue weighted by atomic mass is 16.1. The average Bonchev–Trinajstić information content (AvgIpc) is 3.22. The highest BCUT2D eigenvalue weighted by Gasteiger charge is 2.41. The molecule has 4 nitrogen and oxygen atoms in total. The Labute approximate surface area is 206 Å². The summed E-state index contributed by atoms with van der Waals surface area (Å²) in [6.45, 7) is 11.2. The lowest BCUT2D eigenvalue weighted by atomic mass is 10.0. The summed E-state index contributed by atoms with van der Waals surface area (Å²) >= 11 is 0. The maximum absolute atomic E-state index is 11.5. The monoisotopic (exact) mass is 462 g/mol. The van der Waals surface area contributed by atoms with E-state index in [9.17, 15) is 4.79 Å². The van der Waals surface area contributed by atoms with E-state index < -0.39 is 0 Å². The number of nitrogens with one attached hydrogen (secondary N) is 1. The second-order valence-corrected chi connectivity index (χ2v) is 10.1. The van der Waals surface area contributed by atoms with E-state index in [1.807, 2.05) is 0 Å². The first-order valence-corrected chi connectivity index (χ1v) is 14.4. The number of amidine groups is 1. The summed E-state index contributed by atoms with van der Waals surface area (Å²) < 4.78 is 0.855. The molecule has 0 saturated carbocycles. The van der Waals surface area contributed by atoms with Crippen LogP contribution in [-0.4, -0.2) is 42.0 Å². The summed E-state index contributed by atoms with van der Waals surface area (Å²) in [5.41, 5.74) is 0. The number of aliphatic imine (C=N–C) groups is 1. The maximum atomic E-state index is 11.5. The minimum Gasteiger partial charge on any atom is -0.307 e. The number of rotatable bonds is 21. The summed E-state index contributed by atoms with van der Waals surface area (Å²) in [7, 11) is 0. The topological polar surface area (TPSA) is 41.5 Å². The molecular weight excluding hydrogens is 406 g/mol. The first kappa shape index (κ1) is 29.9. The summed E-state index contributed by atoms with van der Waals surface area (Å²) in [5, 5.41) is 3.12. The molecule has 1 rings (SSSR count). The van der Waals surface area contributed by atoms with Gasteiger partial charge < -0.3 is 5.32 Å². The smallest absolute Gasteiger partial charge is 0.221 e. The van der Waals surface area contributed by atoms with Gasteiger partial charge in [-0.25, -0.2) is 4.99 Å². The van der Waals surface area contributed by atoms with Crippen LogP contribution < -0.4 is 5.32 Å². The normalized spacial score (nSPS) is 19.2. The third-order valence-electron chi connectivity index (χ3n) is 7.44. The SMILES string of the molecule is CCCCCC/C=C/CCCCCCCCCCCCC1=NCC[N+]1(CC)C(C)NC(C)=O. The number of unbranched alkanes of at least 4 members (excludes halogenated alkanes) is 14. The fourth-order valence-electron chi connectivity index (χ4n) is 5.26. The van der Waals surface area contributed by atoms with E-state index in [4.69, 9.17) is 4.99 Å². The third-order valence-corrected chi connectivity index (χ3v) is 7.44. The van der Waals surface area contributed by atoms with Crippen molar-refractivity contribution >= 4 is 11.7 Å². The molecule has 0 aliphatic carbocycles. The van der Waals surface area contributed by atoms with E-state index in [0.717, 1.165) is 30.5 Å². The highest BCUT2D eigenvalue weighted by Crippen LogP contribution is 2.23. The van der Waals surface area contributed by atoms with Gasteiger partial charge in [-0.15, -0.1) is 0 Å². The average molecular weight is 463 g/mol. The maximum Gasteiger partial charge on any atom is 0.221 e. The minimum atomic E-state index is 0.0599. The van der Waals surface area contributed by atoms with Crippen LogP contribution in [0.15, 0.2) is 17.1 Å². The number of likely N-dealkylation sites (N-methyl/N-ethyl adjacent to an activating group) is 1. The van der Waals surface area contributed by atoms with E-state index in [0.29, 0.717) is 0 Å². The Morgan fingerprint density at radius 1 is 0.879 bits per heavy atom. The third kappa shape index (κ3) is 12.8. The summed E-state index contributed by atoms with van der Waals surface area (Å²) in [6, 6.07) is 0. The van der Waals surface area contributed by atoms with Crippen molar-refractivity contribution in [2.75, 3.05) is 19.6 Å². The molecule has 2 unspecified atom stereocenters. The van der Waals surface area contributed by atoms with E-state index in [2.05, 4.69) is 38.2 Å². The number of carbonyl (C=O) groups excluding carboxylic acids is 1. The molecule has 0 aromatic carbocycles. The Bertz CT molecular complexity index is 557. The molecule has 0 fully saturated rings. The van der Waals surface area contributed by atoms with Crippen molar-refractivity contribution < 1.29 is 9.28 Å². The summed E-state index contributed by atoms with van der Waals surface area (Å²) in [4.78, 5) is 16.4. The quantitative estimate of drug-likeness (QED) is 0.105. The van der Waals surface area contributed by atoms with Crippen molar-refractivity contribution in [1.82, 2.24) is 5.32 Å². The van der Waals surface area contributed by atoms with Crippen LogP contribution in [0.5, 0.6) is 0 Å². The Hall–Kier alpha value is -1.16. The van der Waals surface area contributed by atoms with Crippen molar-refractivity contribution in [3.63, 3.8) is 0 Å². The zero-order valence-corrected chi connectivity index (χ0v) is 22.7. The van der Waals surface area contributed by atoms with Gasteiger partial charge in [-0.05, 0) is 39.0 Å². The molecule has 1 aliphatic heterocycles. The molecular formula is C29H56N3O+. The molecule has 1 aliphatic rings. The molecule has 0 spiro atoms. The van der Waals surface area contributed by atoms with Crippen molar-refractivity contribution in [1.29, 1.82) is 0 Å². The van der Waals surface area contributed by atoms with Gasteiger partial charge in [0.15, 0.2) is 12.0 Å². The lowest BCUT2D eigenvalue weighted by Crippen LogP contribution is -2.62. The second-order valence-electron chi connectivity index (χ2n) is 10.1. The fraction of sp³-hybridized carbons (Fsp3) is 0.862. The Balaban J connectivity index is 1.97. The van der Waals surface area contributed by atoms with Crippen LogP contribution in [0.2, 0.25) is 0 Å². The molecule has 4 heteroatoms. The standard InChI is InChI=1S/C29H55N3O/c1-5-7-8-9-10-11-12-13-14-15-16-17-18-19-20-21-22-23-24-29-30-25-26-32(29,6-2)27(3)31-28(4)33/h11-12,27H,5-10,13-26H2,1-4H3/p+1/b12-11+. The molecule has 1 amide bonds. The lowest BCUT2D eigenvalue weighted by molar-refractivity contribution is -0.861. The van der Waals surface area contributed by atoms with Crippen molar-refractivity contribution in [3.8, 4) is 0 Å². The summed E-state index contributed by atoms with van der Waals surface area (Å²) in [5.74, 6) is 1.37. The number of nitrogens with zero attached hydrogens (tertiary/aromatic N) is 2. The zero-order chi connectivity index (χ0) is 24.2. The van der Waals surface area contributed by atoms with Crippen molar-refractivity contribution in [2.24, 2.45) is 4.99 Å². The number of allylic oxidation sites excluding steroid dienone is 2. The summed E-state index contributed by atoms with van der Waals surface area (Å²) in [6.07, 6.45) is 27.7. The number of amides is 1. The van der Waals surface area contributed by atoms with Crippen LogP contribution in [0.1, 0.15) is 137 Å². The van der Waals surface area contributed by atoms with Crippen molar-refractivity contribution in [3.05, 3.63) is 12.2 Å². The molecule has 2 atom stereocenters. The van der Waals surface area contributed by atoms with Crippen LogP contribution in [0.3, 0.4) is 0 Å². The van der Waals surface area contributed by atoms with Gasteiger partial charge in [-0.1, -0.05) is 89.7 Å². The van der Waals surface area contributed by atoms with Gasteiger partial charge in [-0.3, -0.25) is 9.28 Å². The molecule has 0 aromatic rings. The molecule has 192 valence electrons. The van der Waals surface area contributed by atoms with E-state index >= 15 is 0 Å². The van der Waals surface area contributed by atoms with Gasteiger partial charge in [0.25, 0.3) is 0 Å². The van der Waals surface area contributed by atoms with Gasteiger partial charge in [0.05, 0.1) is 13.1 Å². The van der Waals surface area contributed by atoms with E-state index in [1.54, 1.807) is 6.92 Å². The highest BCUT2D eigenvalue weighted by molar-refractivity contribution is 5.78. The molecule has 1 heterocycles. The first-order valence-electron chi connectivity index (χ1n) is 14.4. The molecule has 0 radical (unpaired) electrons. The molecule has 0 saturated heterocycles. The predicted octanol–water partition coefficient (Wildman–Crippen LogP) is 7.93. The first-order chi connectivity index (χ1) is 16.1. The molecule has 1 N–H and O–H groups in total. The Morgan fingerprint density at radius 2 is 1.39 bits per heavy atom. The van der Waals surface area contributed by atoms with Gasteiger partial charge in [0, 0.05) is 20.3 Å². The van der Waals surface area contributed by atoms with Crippen LogP contribution in [-0.2, 0) is 4.79 Å². The number of quaternary nitrogens is 1. The van der Waals surface area contributed by atoms with E-state index in [1.165, 1.54) is 109 Å². The van der Waals surface area contributed by atoms with Crippen LogP contribution >= 0.6 is 0 Å². The van der Waals surface area contributed by atoms with Crippen LogP contribution in [0, 0.1) is 0 Å². The number of carbonyl (C=O) groups is 1. The minimum absolute atomic E-state index is 0.0599. The van der Waals surface area contributed by atoms with Gasteiger partial charge >= 0.3 is 0 Å². The fourth-order valence-corrected chi connectivity index (χ4v) is 5.26. The Kier molecular flexibility index (Phi) is 17.4. The predicted molar refractivity (Wildman–Crippen MR) is 145 cm³/mol. The molecule has 33 heavy (non-hydrogen) atoms. The largest absolute Gasteiger partial charge is 0.307 e. The van der Waals surface area contributed by atoms with Gasteiger partial charge in [0.1, 0.15) is 6.54 Å². The molecule has 0 bridgehead atoms. The number of hydrogen-bond donors (Lipinski definition) is 1. The zero-order valence-electron chi connectivity index (χ0n) is 22.7. The van der Waals surface area contributed by atoms with Crippen molar-refractivity contribution in [2.45, 2.75) is 143 Å². The molecule has 0 aromatic heterocycles.